The second kappa shape index (κ2) is 4.49. The Hall–Kier alpha value is -1.61. The number of benzene rings is 1. The van der Waals surface area contributed by atoms with Crippen LogP contribution in [0.2, 0.25) is 0 Å². The standard InChI is InChI=1S/C13H17N3/c1-3-16-13(9-12(15-16)10(2)14)11-7-5-4-6-8-11/h4-10H,3,14H2,1-2H3. The number of rotatable bonds is 3. The Balaban J connectivity index is 2.48. The quantitative estimate of drug-likeness (QED) is 0.855. The van der Waals surface area contributed by atoms with Crippen LogP contribution in [-0.4, -0.2) is 9.78 Å². The van der Waals surface area contributed by atoms with E-state index >= 15 is 0 Å². The molecule has 0 amide bonds. The zero-order chi connectivity index (χ0) is 11.5. The summed E-state index contributed by atoms with van der Waals surface area (Å²) in [7, 11) is 0. The maximum atomic E-state index is 5.85. The van der Waals surface area contributed by atoms with E-state index in [1.807, 2.05) is 29.8 Å². The molecule has 1 aromatic carbocycles. The molecule has 2 rings (SSSR count). The van der Waals surface area contributed by atoms with Crippen LogP contribution < -0.4 is 5.73 Å². The monoisotopic (exact) mass is 215 g/mol. The Morgan fingerprint density at radius 1 is 1.31 bits per heavy atom. The molecule has 3 nitrogen and oxygen atoms in total. The molecule has 0 aliphatic rings. The Morgan fingerprint density at radius 3 is 2.56 bits per heavy atom. The first-order valence-corrected chi connectivity index (χ1v) is 5.61. The fourth-order valence-corrected chi connectivity index (χ4v) is 1.74. The molecule has 1 atom stereocenters. The molecule has 0 aliphatic heterocycles. The van der Waals surface area contributed by atoms with Crippen molar-refractivity contribution in [3.8, 4) is 11.3 Å². The lowest BCUT2D eigenvalue weighted by Crippen LogP contribution is -2.07. The second-order valence-electron chi connectivity index (χ2n) is 3.92. The second-order valence-corrected chi connectivity index (χ2v) is 3.92. The summed E-state index contributed by atoms with van der Waals surface area (Å²) >= 11 is 0. The van der Waals surface area contributed by atoms with Gasteiger partial charge < -0.3 is 5.73 Å². The van der Waals surface area contributed by atoms with E-state index in [9.17, 15) is 0 Å². The van der Waals surface area contributed by atoms with Crippen molar-refractivity contribution in [2.75, 3.05) is 0 Å². The predicted octanol–water partition coefficient (Wildman–Crippen LogP) is 2.59. The molecule has 84 valence electrons. The zero-order valence-electron chi connectivity index (χ0n) is 9.72. The number of nitrogens with two attached hydrogens (primary N) is 1. The number of aromatic nitrogens is 2. The number of nitrogens with zero attached hydrogens (tertiary/aromatic N) is 2. The lowest BCUT2D eigenvalue weighted by molar-refractivity contribution is 0.636. The van der Waals surface area contributed by atoms with E-state index < -0.39 is 0 Å². The average Bonchev–Trinajstić information content (AvgIpc) is 2.74. The summed E-state index contributed by atoms with van der Waals surface area (Å²) in [4.78, 5) is 0. The number of hydrogen-bond acceptors (Lipinski definition) is 2. The van der Waals surface area contributed by atoms with E-state index in [-0.39, 0.29) is 6.04 Å². The van der Waals surface area contributed by atoms with Gasteiger partial charge in [0.05, 0.1) is 11.4 Å². The zero-order valence-corrected chi connectivity index (χ0v) is 9.72. The van der Waals surface area contributed by atoms with Crippen LogP contribution in [0.3, 0.4) is 0 Å². The molecule has 0 aliphatic carbocycles. The van der Waals surface area contributed by atoms with Crippen LogP contribution in [0.5, 0.6) is 0 Å². The van der Waals surface area contributed by atoms with E-state index in [0.29, 0.717) is 0 Å². The van der Waals surface area contributed by atoms with E-state index in [2.05, 4.69) is 30.2 Å². The van der Waals surface area contributed by atoms with Crippen molar-refractivity contribution in [3.05, 3.63) is 42.1 Å². The lowest BCUT2D eigenvalue weighted by Gasteiger charge is -2.03. The van der Waals surface area contributed by atoms with Crippen molar-refractivity contribution < 1.29 is 0 Å². The van der Waals surface area contributed by atoms with Crippen molar-refractivity contribution in [1.29, 1.82) is 0 Å². The van der Waals surface area contributed by atoms with Crippen LogP contribution in [0.25, 0.3) is 11.3 Å². The normalized spacial score (nSPS) is 12.7. The molecule has 3 heteroatoms. The molecule has 0 saturated carbocycles. The van der Waals surface area contributed by atoms with E-state index in [1.54, 1.807) is 0 Å². The molecule has 16 heavy (non-hydrogen) atoms. The highest BCUT2D eigenvalue weighted by Gasteiger charge is 2.10. The number of aryl methyl sites for hydroxylation is 1. The van der Waals surface area contributed by atoms with Gasteiger partial charge in [-0.1, -0.05) is 30.3 Å². The molecule has 0 saturated heterocycles. The topological polar surface area (TPSA) is 43.8 Å². The van der Waals surface area contributed by atoms with Crippen LogP contribution >= 0.6 is 0 Å². The van der Waals surface area contributed by atoms with Crippen molar-refractivity contribution in [2.45, 2.75) is 26.4 Å². The van der Waals surface area contributed by atoms with Gasteiger partial charge in [0, 0.05) is 12.6 Å². The smallest absolute Gasteiger partial charge is 0.0795 e. The van der Waals surface area contributed by atoms with Crippen molar-refractivity contribution in [2.24, 2.45) is 5.73 Å². The van der Waals surface area contributed by atoms with Crippen molar-refractivity contribution >= 4 is 0 Å². The average molecular weight is 215 g/mol. The van der Waals surface area contributed by atoms with E-state index in [4.69, 9.17) is 5.73 Å². The summed E-state index contributed by atoms with van der Waals surface area (Å²) in [6.45, 7) is 4.90. The first kappa shape index (κ1) is 10.9. The van der Waals surface area contributed by atoms with Gasteiger partial charge in [0.2, 0.25) is 0 Å². The van der Waals surface area contributed by atoms with Gasteiger partial charge in [0.15, 0.2) is 0 Å². The van der Waals surface area contributed by atoms with Gasteiger partial charge in [-0.3, -0.25) is 4.68 Å². The summed E-state index contributed by atoms with van der Waals surface area (Å²) in [5, 5.41) is 4.50. The fraction of sp³-hybridized carbons (Fsp3) is 0.308. The highest BCUT2D eigenvalue weighted by Crippen LogP contribution is 2.22. The van der Waals surface area contributed by atoms with Crippen LogP contribution in [0, 0.1) is 0 Å². The van der Waals surface area contributed by atoms with E-state index in [1.165, 1.54) is 5.56 Å². The highest BCUT2D eigenvalue weighted by atomic mass is 15.3. The molecule has 1 heterocycles. The summed E-state index contributed by atoms with van der Waals surface area (Å²) in [6.07, 6.45) is 0. The Morgan fingerprint density at radius 2 is 2.00 bits per heavy atom. The van der Waals surface area contributed by atoms with Crippen LogP contribution in [-0.2, 0) is 6.54 Å². The van der Waals surface area contributed by atoms with Crippen LogP contribution in [0.4, 0.5) is 0 Å². The predicted molar refractivity (Wildman–Crippen MR) is 65.9 cm³/mol. The fourth-order valence-electron chi connectivity index (χ4n) is 1.74. The maximum Gasteiger partial charge on any atom is 0.0795 e. The summed E-state index contributed by atoms with van der Waals surface area (Å²) in [5.41, 5.74) is 9.12. The minimum Gasteiger partial charge on any atom is -0.323 e. The molecule has 0 radical (unpaired) electrons. The molecule has 0 fully saturated rings. The maximum absolute atomic E-state index is 5.85. The molecule has 0 spiro atoms. The summed E-state index contributed by atoms with van der Waals surface area (Å²) in [5.74, 6) is 0. The number of hydrogen-bond donors (Lipinski definition) is 1. The van der Waals surface area contributed by atoms with Gasteiger partial charge >= 0.3 is 0 Å². The minimum absolute atomic E-state index is 0.0183. The van der Waals surface area contributed by atoms with Gasteiger partial charge in [-0.25, -0.2) is 0 Å². The highest BCUT2D eigenvalue weighted by molar-refractivity contribution is 5.60. The first-order valence-electron chi connectivity index (χ1n) is 5.61. The van der Waals surface area contributed by atoms with Gasteiger partial charge in [-0.2, -0.15) is 5.10 Å². The molecule has 1 aromatic heterocycles. The largest absolute Gasteiger partial charge is 0.323 e. The molecular weight excluding hydrogens is 198 g/mol. The SMILES string of the molecule is CCn1nc(C(C)N)cc1-c1ccccc1. The Bertz CT molecular complexity index is 457. The van der Waals surface area contributed by atoms with Crippen LogP contribution in [0.1, 0.15) is 25.6 Å². The van der Waals surface area contributed by atoms with Gasteiger partial charge in [-0.15, -0.1) is 0 Å². The lowest BCUT2D eigenvalue weighted by atomic mass is 10.1. The third-order valence-electron chi connectivity index (χ3n) is 2.63. The third kappa shape index (κ3) is 1.99. The Kier molecular flexibility index (Phi) is 3.06. The van der Waals surface area contributed by atoms with E-state index in [0.717, 1.165) is 17.9 Å². The molecule has 1 unspecified atom stereocenters. The van der Waals surface area contributed by atoms with Gasteiger partial charge in [-0.05, 0) is 25.5 Å². The van der Waals surface area contributed by atoms with Crippen molar-refractivity contribution in [1.82, 2.24) is 9.78 Å². The van der Waals surface area contributed by atoms with Crippen molar-refractivity contribution in [3.63, 3.8) is 0 Å². The minimum atomic E-state index is -0.0183. The molecule has 2 aromatic rings. The van der Waals surface area contributed by atoms with Gasteiger partial charge in [0.1, 0.15) is 0 Å². The molecular formula is C13H17N3. The molecule has 0 bridgehead atoms. The first-order chi connectivity index (χ1) is 7.72. The van der Waals surface area contributed by atoms with Crippen LogP contribution in [0.15, 0.2) is 36.4 Å². The summed E-state index contributed by atoms with van der Waals surface area (Å²) < 4.78 is 1.99. The summed E-state index contributed by atoms with van der Waals surface area (Å²) in [6, 6.07) is 12.3. The Labute approximate surface area is 95.9 Å². The third-order valence-corrected chi connectivity index (χ3v) is 2.63. The van der Waals surface area contributed by atoms with Gasteiger partial charge in [0.25, 0.3) is 0 Å². The molecule has 2 N–H and O–H groups in total.